The van der Waals surface area contributed by atoms with E-state index in [-0.39, 0.29) is 11.4 Å². The molecule has 0 saturated carbocycles. The maximum absolute atomic E-state index is 13.0. The summed E-state index contributed by atoms with van der Waals surface area (Å²) in [5, 5.41) is 12.2. The molecule has 0 aliphatic carbocycles. The molecule has 11 heteroatoms. The van der Waals surface area contributed by atoms with Crippen LogP contribution < -0.4 is 10.9 Å². The Balaban J connectivity index is 2.60. The predicted octanol–water partition coefficient (Wildman–Crippen LogP) is 3.98. The van der Waals surface area contributed by atoms with Crippen LogP contribution >= 0.6 is 11.6 Å². The summed E-state index contributed by atoms with van der Waals surface area (Å²) < 4.78 is 39.6. The molecule has 0 saturated heterocycles. The highest BCUT2D eigenvalue weighted by atomic mass is 35.5. The van der Waals surface area contributed by atoms with E-state index in [4.69, 9.17) is 11.6 Å². The Hall–Kier alpha value is -2.88. The van der Waals surface area contributed by atoms with Gasteiger partial charge < -0.3 is 5.32 Å². The van der Waals surface area contributed by atoms with Crippen LogP contribution in [0.5, 0.6) is 0 Å². The zero-order chi connectivity index (χ0) is 18.9. The molecule has 1 aromatic carbocycles. The summed E-state index contributed by atoms with van der Waals surface area (Å²) in [6, 6.07) is 3.67. The molecule has 0 aliphatic rings. The van der Waals surface area contributed by atoms with Crippen molar-refractivity contribution in [3.63, 3.8) is 0 Å². The number of nitrogens with zero attached hydrogens (tertiary/aromatic N) is 3. The van der Waals surface area contributed by atoms with E-state index in [0.717, 1.165) is 12.3 Å². The average Bonchev–Trinajstić information content (AvgIpc) is 2.51. The fourth-order valence-electron chi connectivity index (χ4n) is 1.98. The van der Waals surface area contributed by atoms with E-state index in [2.05, 4.69) is 16.9 Å². The van der Waals surface area contributed by atoms with Crippen molar-refractivity contribution in [3.05, 3.63) is 61.5 Å². The largest absolute Gasteiger partial charge is 0.435 e. The maximum atomic E-state index is 13.0. The van der Waals surface area contributed by atoms with Crippen molar-refractivity contribution in [3.8, 4) is 0 Å². The molecule has 0 bridgehead atoms. The van der Waals surface area contributed by atoms with Gasteiger partial charge in [0, 0.05) is 24.0 Å². The van der Waals surface area contributed by atoms with Gasteiger partial charge in [-0.2, -0.15) is 13.2 Å². The number of aryl methyl sites for hydroxylation is 1. The first-order valence-electron chi connectivity index (χ1n) is 6.60. The number of nitrogens with one attached hydrogen (secondary N) is 1. The van der Waals surface area contributed by atoms with Crippen LogP contribution in [-0.4, -0.2) is 14.5 Å². The first-order chi connectivity index (χ1) is 11.6. The smallest absolute Gasteiger partial charge is 0.325 e. The third kappa shape index (κ3) is 3.63. The Morgan fingerprint density at radius 1 is 1.44 bits per heavy atom. The number of nitro benzene ring substituents is 1. The average molecular weight is 375 g/mol. The summed E-state index contributed by atoms with van der Waals surface area (Å²) >= 11 is 5.46. The van der Waals surface area contributed by atoms with Crippen LogP contribution in [-0.2, 0) is 6.18 Å². The van der Waals surface area contributed by atoms with Gasteiger partial charge >= 0.3 is 6.18 Å². The van der Waals surface area contributed by atoms with Crippen molar-refractivity contribution in [2.45, 2.75) is 13.1 Å². The highest BCUT2D eigenvalue weighted by Gasteiger charge is 2.37. The Labute approximate surface area is 143 Å². The third-order valence-corrected chi connectivity index (χ3v) is 3.52. The van der Waals surface area contributed by atoms with Gasteiger partial charge in [0.25, 0.3) is 11.2 Å². The molecule has 0 spiro atoms. The number of anilines is 2. The fourth-order valence-corrected chi connectivity index (χ4v) is 2.22. The number of hydrogen-bond donors (Lipinski definition) is 1. The monoisotopic (exact) mass is 374 g/mol. The van der Waals surface area contributed by atoms with Gasteiger partial charge in [0.1, 0.15) is 5.02 Å². The van der Waals surface area contributed by atoms with Crippen LogP contribution in [0, 0.1) is 17.0 Å². The van der Waals surface area contributed by atoms with Crippen LogP contribution in [0.15, 0.2) is 29.6 Å². The van der Waals surface area contributed by atoms with Gasteiger partial charge in [0.05, 0.1) is 4.92 Å². The molecular formula is C14H10ClF3N4O3. The van der Waals surface area contributed by atoms with Gasteiger partial charge in [-0.25, -0.2) is 4.98 Å². The predicted molar refractivity (Wildman–Crippen MR) is 86.0 cm³/mol. The van der Waals surface area contributed by atoms with E-state index in [0.29, 0.717) is 10.1 Å². The van der Waals surface area contributed by atoms with Crippen LogP contribution in [0.3, 0.4) is 0 Å². The van der Waals surface area contributed by atoms with Crippen molar-refractivity contribution >= 4 is 35.1 Å². The highest BCUT2D eigenvalue weighted by molar-refractivity contribution is 6.31. The van der Waals surface area contributed by atoms with Gasteiger partial charge in [-0.15, -0.1) is 0 Å². The van der Waals surface area contributed by atoms with Gasteiger partial charge in [-0.1, -0.05) is 18.2 Å². The van der Waals surface area contributed by atoms with Crippen molar-refractivity contribution in [1.29, 1.82) is 0 Å². The van der Waals surface area contributed by atoms with Crippen LogP contribution in [0.25, 0.3) is 6.20 Å². The summed E-state index contributed by atoms with van der Waals surface area (Å²) in [6.07, 6.45) is -3.98. The number of non-ortho nitro benzene ring substituents is 1. The Morgan fingerprint density at radius 2 is 2.08 bits per heavy atom. The lowest BCUT2D eigenvalue weighted by molar-refractivity contribution is -0.384. The Morgan fingerprint density at radius 3 is 2.56 bits per heavy atom. The topological polar surface area (TPSA) is 90.1 Å². The summed E-state index contributed by atoms with van der Waals surface area (Å²) in [4.78, 5) is 25.5. The molecule has 1 aromatic heterocycles. The lowest BCUT2D eigenvalue weighted by Crippen LogP contribution is -2.25. The summed E-state index contributed by atoms with van der Waals surface area (Å²) in [6.45, 7) is 4.85. The SMILES string of the molecule is C=Cn1c(Nc2ccc([N+](=O)[O-])cc2C)nc(C(F)(F)F)c(Cl)c1=O. The molecule has 132 valence electrons. The minimum absolute atomic E-state index is 0.191. The molecule has 0 unspecified atom stereocenters. The number of hydrogen-bond acceptors (Lipinski definition) is 5. The third-order valence-electron chi connectivity index (χ3n) is 3.18. The minimum Gasteiger partial charge on any atom is -0.325 e. The molecule has 0 fully saturated rings. The van der Waals surface area contributed by atoms with Gasteiger partial charge in [0.2, 0.25) is 5.95 Å². The van der Waals surface area contributed by atoms with Gasteiger partial charge in [0.15, 0.2) is 5.69 Å². The quantitative estimate of drug-likeness (QED) is 0.645. The number of benzene rings is 1. The molecule has 25 heavy (non-hydrogen) atoms. The van der Waals surface area contributed by atoms with Crippen molar-refractivity contribution in [2.75, 3.05) is 5.32 Å². The summed E-state index contributed by atoms with van der Waals surface area (Å²) in [5.41, 5.74) is -2.30. The van der Waals surface area contributed by atoms with Crippen molar-refractivity contribution in [2.24, 2.45) is 0 Å². The van der Waals surface area contributed by atoms with E-state index >= 15 is 0 Å². The highest BCUT2D eigenvalue weighted by Crippen LogP contribution is 2.33. The van der Waals surface area contributed by atoms with Gasteiger partial charge in [-0.3, -0.25) is 19.5 Å². The van der Waals surface area contributed by atoms with Crippen LogP contribution in [0.4, 0.5) is 30.5 Å². The molecule has 0 amide bonds. The second-order valence-corrected chi connectivity index (χ2v) is 5.21. The molecular weight excluding hydrogens is 365 g/mol. The first kappa shape index (κ1) is 18.5. The van der Waals surface area contributed by atoms with Crippen molar-refractivity contribution in [1.82, 2.24) is 9.55 Å². The van der Waals surface area contributed by atoms with E-state index < -0.39 is 33.3 Å². The molecule has 0 radical (unpaired) electrons. The normalized spacial score (nSPS) is 11.2. The maximum Gasteiger partial charge on any atom is 0.435 e. The summed E-state index contributed by atoms with van der Waals surface area (Å²) in [7, 11) is 0. The van der Waals surface area contributed by atoms with E-state index in [1.165, 1.54) is 19.1 Å². The molecule has 0 aliphatic heterocycles. The number of nitro groups is 1. The number of halogens is 4. The molecule has 0 atom stereocenters. The second kappa shape index (κ2) is 6.55. The molecule has 1 heterocycles. The Bertz CT molecular complexity index is 925. The standard InChI is InChI=1S/C14H10ClF3N4O3/c1-3-21-12(23)10(15)11(14(16,17)18)20-13(21)19-9-5-4-8(22(24)25)6-7(9)2/h3-6H,1H2,2H3,(H,19,20). The fraction of sp³-hybridized carbons (Fsp3) is 0.143. The zero-order valence-corrected chi connectivity index (χ0v) is 13.4. The lowest BCUT2D eigenvalue weighted by atomic mass is 10.2. The zero-order valence-electron chi connectivity index (χ0n) is 12.6. The number of alkyl halides is 3. The molecule has 7 nitrogen and oxygen atoms in total. The van der Waals surface area contributed by atoms with Gasteiger partial charge in [-0.05, 0) is 18.6 Å². The number of aromatic nitrogens is 2. The first-order valence-corrected chi connectivity index (χ1v) is 6.98. The second-order valence-electron chi connectivity index (χ2n) is 4.83. The van der Waals surface area contributed by atoms with Crippen LogP contribution in [0.1, 0.15) is 11.3 Å². The van der Waals surface area contributed by atoms with Crippen LogP contribution in [0.2, 0.25) is 5.02 Å². The number of rotatable bonds is 4. The Kier molecular flexibility index (Phi) is 4.84. The van der Waals surface area contributed by atoms with Crippen molar-refractivity contribution < 1.29 is 18.1 Å². The summed E-state index contributed by atoms with van der Waals surface area (Å²) in [5.74, 6) is -0.478. The van der Waals surface area contributed by atoms with E-state index in [1.807, 2.05) is 0 Å². The molecule has 1 N–H and O–H groups in total. The molecule has 2 rings (SSSR count). The minimum atomic E-state index is -4.93. The van der Waals surface area contributed by atoms with E-state index in [9.17, 15) is 28.1 Å². The van der Waals surface area contributed by atoms with E-state index in [1.54, 1.807) is 0 Å². The lowest BCUT2D eigenvalue weighted by Gasteiger charge is -2.15. The molecule has 2 aromatic rings.